The molecule has 0 fully saturated rings. The van der Waals surface area contributed by atoms with Crippen LogP contribution in [0.4, 0.5) is 0 Å². The van der Waals surface area contributed by atoms with Crippen LogP contribution in [-0.4, -0.2) is 37.2 Å². The quantitative estimate of drug-likeness (QED) is 0.0261. The topological polar surface area (TPSA) is 78.9 Å². The first-order valence-electron chi connectivity index (χ1n) is 33.4. The van der Waals surface area contributed by atoms with Crippen molar-refractivity contribution in [1.29, 1.82) is 0 Å². The Labute approximate surface area is 478 Å². The molecule has 0 amide bonds. The van der Waals surface area contributed by atoms with Crippen molar-refractivity contribution in [3.8, 4) is 0 Å². The fourth-order valence-electron chi connectivity index (χ4n) is 9.70. The molecule has 0 aliphatic heterocycles. The molecule has 0 aliphatic carbocycles. The third-order valence-electron chi connectivity index (χ3n) is 14.7. The molecule has 0 spiro atoms. The van der Waals surface area contributed by atoms with Gasteiger partial charge in [-0.3, -0.25) is 14.4 Å². The predicted octanol–water partition coefficient (Wildman–Crippen LogP) is 22.9. The fraction of sp³-hybridized carbons (Fsp3) is 0.789. The molecule has 0 saturated heterocycles. The summed E-state index contributed by atoms with van der Waals surface area (Å²) in [5.74, 6) is -0.872. The molecule has 0 rings (SSSR count). The molecule has 0 bridgehead atoms. The molecule has 1 atom stereocenters. The third-order valence-corrected chi connectivity index (χ3v) is 14.7. The van der Waals surface area contributed by atoms with Gasteiger partial charge in [0.25, 0.3) is 0 Å². The lowest BCUT2D eigenvalue weighted by Gasteiger charge is -2.18. The Morgan fingerprint density at radius 3 is 0.805 bits per heavy atom. The molecular formula is C71H126O6. The van der Waals surface area contributed by atoms with Crippen molar-refractivity contribution < 1.29 is 28.6 Å². The Bertz CT molecular complexity index is 1420. The maximum absolute atomic E-state index is 12.9. The van der Waals surface area contributed by atoms with Crippen LogP contribution < -0.4 is 0 Å². The van der Waals surface area contributed by atoms with Crippen molar-refractivity contribution in [2.24, 2.45) is 0 Å². The number of hydrogen-bond acceptors (Lipinski definition) is 6. The van der Waals surface area contributed by atoms with Crippen molar-refractivity contribution in [2.45, 2.75) is 348 Å². The molecule has 77 heavy (non-hydrogen) atoms. The zero-order valence-electron chi connectivity index (χ0n) is 51.2. The number of esters is 3. The van der Waals surface area contributed by atoms with E-state index in [9.17, 15) is 14.4 Å². The van der Waals surface area contributed by atoms with Gasteiger partial charge in [0.1, 0.15) is 13.2 Å². The minimum absolute atomic E-state index is 0.0745. The molecular weight excluding hydrogens is 949 g/mol. The van der Waals surface area contributed by atoms with E-state index in [0.717, 1.165) is 96.3 Å². The molecule has 0 aliphatic rings. The summed E-state index contributed by atoms with van der Waals surface area (Å²) in [4.78, 5) is 38.1. The number of hydrogen-bond donors (Lipinski definition) is 0. The van der Waals surface area contributed by atoms with Crippen molar-refractivity contribution >= 4 is 17.9 Å². The zero-order chi connectivity index (χ0) is 55.7. The van der Waals surface area contributed by atoms with Gasteiger partial charge in [0.2, 0.25) is 0 Å². The summed E-state index contributed by atoms with van der Waals surface area (Å²) in [6.07, 6.45) is 85.2. The molecule has 0 saturated carbocycles. The number of ether oxygens (including phenoxy) is 3. The van der Waals surface area contributed by atoms with Gasteiger partial charge in [-0.05, 0) is 89.9 Å². The number of carbonyl (C=O) groups is 3. The first-order valence-corrected chi connectivity index (χ1v) is 33.4. The van der Waals surface area contributed by atoms with Crippen LogP contribution in [0.3, 0.4) is 0 Å². The summed E-state index contributed by atoms with van der Waals surface area (Å²) in [6, 6.07) is 0. The zero-order valence-corrected chi connectivity index (χ0v) is 51.2. The smallest absolute Gasteiger partial charge is 0.306 e. The van der Waals surface area contributed by atoms with Gasteiger partial charge in [-0.25, -0.2) is 0 Å². The lowest BCUT2D eigenvalue weighted by molar-refractivity contribution is -0.167. The van der Waals surface area contributed by atoms with Crippen LogP contribution in [-0.2, 0) is 28.6 Å². The van der Waals surface area contributed by atoms with Crippen LogP contribution in [0.25, 0.3) is 0 Å². The summed E-state index contributed by atoms with van der Waals surface area (Å²) in [5.41, 5.74) is 0. The highest BCUT2D eigenvalue weighted by Gasteiger charge is 2.19. The summed E-state index contributed by atoms with van der Waals surface area (Å²) in [6.45, 7) is 6.52. The summed E-state index contributed by atoms with van der Waals surface area (Å²) >= 11 is 0. The average molecular weight is 1080 g/mol. The van der Waals surface area contributed by atoms with Gasteiger partial charge >= 0.3 is 17.9 Å². The van der Waals surface area contributed by atoms with Gasteiger partial charge in [-0.2, -0.15) is 0 Å². The lowest BCUT2D eigenvalue weighted by atomic mass is 10.0. The second kappa shape index (κ2) is 65.4. The Hall–Kier alpha value is -3.15. The van der Waals surface area contributed by atoms with Gasteiger partial charge in [-0.15, -0.1) is 0 Å². The van der Waals surface area contributed by atoms with Crippen molar-refractivity contribution in [3.05, 3.63) is 72.9 Å². The van der Waals surface area contributed by atoms with Crippen LogP contribution in [0.2, 0.25) is 0 Å². The van der Waals surface area contributed by atoms with Crippen LogP contribution in [0.1, 0.15) is 342 Å². The molecule has 6 heteroatoms. The minimum atomic E-state index is -0.776. The summed E-state index contributed by atoms with van der Waals surface area (Å²) in [7, 11) is 0. The van der Waals surface area contributed by atoms with Gasteiger partial charge in [0, 0.05) is 19.3 Å². The van der Waals surface area contributed by atoms with Crippen LogP contribution in [0.5, 0.6) is 0 Å². The molecule has 446 valence electrons. The van der Waals surface area contributed by atoms with E-state index >= 15 is 0 Å². The second-order valence-corrected chi connectivity index (χ2v) is 22.4. The van der Waals surface area contributed by atoms with Crippen LogP contribution >= 0.6 is 0 Å². The van der Waals surface area contributed by atoms with Crippen molar-refractivity contribution in [2.75, 3.05) is 13.2 Å². The van der Waals surface area contributed by atoms with Gasteiger partial charge in [-0.1, -0.05) is 306 Å². The van der Waals surface area contributed by atoms with Crippen molar-refractivity contribution in [1.82, 2.24) is 0 Å². The van der Waals surface area contributed by atoms with E-state index in [-0.39, 0.29) is 31.1 Å². The Kier molecular flexibility index (Phi) is 62.7. The Balaban J connectivity index is 4.10. The summed E-state index contributed by atoms with van der Waals surface area (Å²) < 4.78 is 16.9. The first kappa shape index (κ1) is 73.8. The molecule has 0 aromatic carbocycles. The lowest BCUT2D eigenvalue weighted by Crippen LogP contribution is -2.30. The van der Waals surface area contributed by atoms with E-state index < -0.39 is 6.10 Å². The van der Waals surface area contributed by atoms with E-state index in [1.165, 1.54) is 205 Å². The largest absolute Gasteiger partial charge is 0.462 e. The normalized spacial score (nSPS) is 12.5. The highest BCUT2D eigenvalue weighted by Crippen LogP contribution is 2.17. The molecule has 6 nitrogen and oxygen atoms in total. The van der Waals surface area contributed by atoms with E-state index in [1.54, 1.807) is 0 Å². The van der Waals surface area contributed by atoms with E-state index in [4.69, 9.17) is 14.2 Å². The Morgan fingerprint density at radius 1 is 0.273 bits per heavy atom. The molecule has 0 aromatic heterocycles. The molecule has 1 unspecified atom stereocenters. The maximum atomic E-state index is 12.9. The standard InChI is InChI=1S/C71H126O6/c1-4-7-10-13-16-18-20-22-24-26-28-30-32-34-35-37-38-40-42-44-46-48-50-52-55-58-61-64-70(73)76-67-68(66-75-69(72)63-60-57-54-15-12-9-6-3)77-71(74)65-62-59-56-53-51-49-47-45-43-41-39-36-33-31-29-27-25-23-21-19-17-14-11-8-5-2/h8,11,17,19,23,25-26,28-29,31,36,39,68H,4-7,9-10,12-16,18,20-22,24,27,30,32-35,37-38,40-67H2,1-3H3/b11-8-,19-17-,25-23-,28-26-,31-29-,39-36-. The molecule has 0 aromatic rings. The van der Waals surface area contributed by atoms with Crippen molar-refractivity contribution in [3.63, 3.8) is 0 Å². The Morgan fingerprint density at radius 2 is 0.506 bits per heavy atom. The van der Waals surface area contributed by atoms with E-state index in [2.05, 4.69) is 93.7 Å². The first-order chi connectivity index (χ1) is 38.0. The fourth-order valence-corrected chi connectivity index (χ4v) is 9.70. The van der Waals surface area contributed by atoms with Crippen LogP contribution in [0, 0.1) is 0 Å². The number of rotatable bonds is 61. The van der Waals surface area contributed by atoms with Gasteiger partial charge in [0.05, 0.1) is 0 Å². The second-order valence-electron chi connectivity index (χ2n) is 22.4. The maximum Gasteiger partial charge on any atom is 0.306 e. The van der Waals surface area contributed by atoms with Gasteiger partial charge in [0.15, 0.2) is 6.10 Å². The van der Waals surface area contributed by atoms with E-state index in [1.807, 2.05) is 0 Å². The molecule has 0 heterocycles. The number of carbonyl (C=O) groups excluding carboxylic acids is 3. The highest BCUT2D eigenvalue weighted by atomic mass is 16.6. The molecule has 0 radical (unpaired) electrons. The minimum Gasteiger partial charge on any atom is -0.462 e. The molecule has 0 N–H and O–H groups in total. The average Bonchev–Trinajstić information content (AvgIpc) is 3.43. The number of unbranched alkanes of at least 4 members (excludes halogenated alkanes) is 38. The third kappa shape index (κ3) is 63.6. The number of allylic oxidation sites excluding steroid dienone is 12. The van der Waals surface area contributed by atoms with Crippen LogP contribution in [0.15, 0.2) is 72.9 Å². The monoisotopic (exact) mass is 1070 g/mol. The summed E-state index contributed by atoms with van der Waals surface area (Å²) in [5, 5.41) is 0. The van der Waals surface area contributed by atoms with E-state index in [0.29, 0.717) is 19.3 Å². The predicted molar refractivity (Wildman–Crippen MR) is 335 cm³/mol. The highest BCUT2D eigenvalue weighted by molar-refractivity contribution is 5.71. The SMILES string of the molecule is CC/C=C\C/C=C\C/C=C\C/C=C\C/C=C\CCCCCCCCCCCC(=O)OC(COC(=O)CCCCCCCCC)COC(=O)CCCCCCCCCCCCCCCCC/C=C\CCCCCCCCCC. The van der Waals surface area contributed by atoms with Gasteiger partial charge < -0.3 is 14.2 Å².